The van der Waals surface area contributed by atoms with Crippen LogP contribution in [0.2, 0.25) is 0 Å². The van der Waals surface area contributed by atoms with E-state index < -0.39 is 5.92 Å². The summed E-state index contributed by atoms with van der Waals surface area (Å²) in [5.41, 5.74) is 2.45. The van der Waals surface area contributed by atoms with Crippen LogP contribution in [-0.2, 0) is 9.53 Å². The smallest absolute Gasteiger partial charge is 0.317 e. The van der Waals surface area contributed by atoms with Crippen LogP contribution in [0, 0.1) is 5.92 Å². The van der Waals surface area contributed by atoms with Crippen LogP contribution in [0.3, 0.4) is 0 Å². The number of carbonyl (C=O) groups is 1. The number of halogens is 1. The molecule has 1 aliphatic heterocycles. The number of hydrogen-bond acceptors (Lipinski definition) is 3. The predicted molar refractivity (Wildman–Crippen MR) is 106 cm³/mol. The monoisotopic (exact) mass is 416 g/mol. The second kappa shape index (κ2) is 7.89. The molecule has 2 aromatic rings. The Labute approximate surface area is 160 Å². The van der Waals surface area contributed by atoms with Gasteiger partial charge in [-0.05, 0) is 42.4 Å². The maximum Gasteiger partial charge on any atom is 0.317 e. The fourth-order valence-corrected chi connectivity index (χ4v) is 3.35. The zero-order chi connectivity index (χ0) is 17.8. The minimum atomic E-state index is -0.574. The van der Waals surface area contributed by atoms with Crippen LogP contribution in [0.15, 0.2) is 64.1 Å². The third-order valence-corrected chi connectivity index (χ3v) is 4.71. The van der Waals surface area contributed by atoms with Crippen molar-refractivity contribution in [3.8, 4) is 0 Å². The first-order chi connectivity index (χ1) is 12.1. The van der Waals surface area contributed by atoms with E-state index in [1.807, 2.05) is 54.6 Å². The highest BCUT2D eigenvalue weighted by Gasteiger charge is 2.39. The molecular weight excluding hydrogens is 400 g/mol. The van der Waals surface area contributed by atoms with Crippen molar-refractivity contribution in [1.29, 1.82) is 0 Å². The lowest BCUT2D eigenvalue weighted by atomic mass is 9.85. The van der Waals surface area contributed by atoms with Crippen molar-refractivity contribution in [2.45, 2.75) is 13.0 Å². The van der Waals surface area contributed by atoms with Crippen molar-refractivity contribution in [2.24, 2.45) is 10.9 Å². The maximum absolute atomic E-state index is 12.7. The molecule has 2 atom stereocenters. The molecule has 0 bridgehead atoms. The number of aliphatic imine (C=N–C) groups is 1. The highest BCUT2D eigenvalue weighted by Crippen LogP contribution is 2.31. The van der Waals surface area contributed by atoms with Crippen LogP contribution in [-0.4, -0.2) is 23.4 Å². The number of nitrogens with one attached hydrogen (secondary N) is 1. The molecule has 25 heavy (non-hydrogen) atoms. The molecule has 0 saturated carbocycles. The van der Waals surface area contributed by atoms with E-state index >= 15 is 0 Å². The molecule has 0 fully saturated rings. The van der Waals surface area contributed by atoms with Gasteiger partial charge >= 0.3 is 5.97 Å². The molecule has 3 rings (SSSR count). The highest BCUT2D eigenvalue weighted by molar-refractivity contribution is 9.10. The SMILES string of the molecule is CCOC(=O)C1C(c2ccccc2)=NC(=S)NC1c1ccc(Br)cc1. The Kier molecular flexibility index (Phi) is 5.60. The van der Waals surface area contributed by atoms with E-state index in [4.69, 9.17) is 17.0 Å². The average Bonchev–Trinajstić information content (AvgIpc) is 2.62. The van der Waals surface area contributed by atoms with Crippen molar-refractivity contribution in [1.82, 2.24) is 5.32 Å². The fraction of sp³-hybridized carbons (Fsp3) is 0.211. The van der Waals surface area contributed by atoms with Gasteiger partial charge in [-0.25, -0.2) is 4.99 Å². The van der Waals surface area contributed by atoms with Gasteiger partial charge in [-0.1, -0.05) is 58.4 Å². The van der Waals surface area contributed by atoms with Crippen LogP contribution >= 0.6 is 28.1 Å². The molecule has 6 heteroatoms. The summed E-state index contributed by atoms with van der Waals surface area (Å²) in [6.07, 6.45) is 0. The molecule has 0 radical (unpaired) electrons. The van der Waals surface area contributed by atoms with Crippen LogP contribution in [0.5, 0.6) is 0 Å². The predicted octanol–water partition coefficient (Wildman–Crippen LogP) is 4.05. The summed E-state index contributed by atoms with van der Waals surface area (Å²) in [6, 6.07) is 17.1. The normalized spacial score (nSPS) is 19.8. The summed E-state index contributed by atoms with van der Waals surface area (Å²) >= 11 is 8.77. The molecular formula is C19H17BrN2O2S. The molecule has 4 nitrogen and oxygen atoms in total. The number of nitrogens with zero attached hydrogens (tertiary/aromatic N) is 1. The summed E-state index contributed by atoms with van der Waals surface area (Å²) in [5, 5.41) is 3.54. The Morgan fingerprint density at radius 1 is 1.20 bits per heavy atom. The van der Waals surface area contributed by atoms with Gasteiger partial charge < -0.3 is 10.1 Å². The quantitative estimate of drug-likeness (QED) is 0.603. The lowest BCUT2D eigenvalue weighted by molar-refractivity contribution is -0.146. The van der Waals surface area contributed by atoms with Crippen molar-refractivity contribution in [3.05, 3.63) is 70.2 Å². The lowest BCUT2D eigenvalue weighted by Gasteiger charge is -2.32. The van der Waals surface area contributed by atoms with Crippen LogP contribution in [0.4, 0.5) is 0 Å². The van der Waals surface area contributed by atoms with E-state index in [-0.39, 0.29) is 12.0 Å². The number of ether oxygens (including phenoxy) is 1. The lowest BCUT2D eigenvalue weighted by Crippen LogP contribution is -2.45. The first kappa shape index (κ1) is 17.8. The molecule has 0 amide bonds. The molecule has 2 aromatic carbocycles. The molecule has 0 saturated heterocycles. The van der Waals surface area contributed by atoms with Gasteiger partial charge in [0.1, 0.15) is 5.92 Å². The summed E-state index contributed by atoms with van der Waals surface area (Å²) < 4.78 is 6.30. The number of carbonyl (C=O) groups excluding carboxylic acids is 1. The van der Waals surface area contributed by atoms with Gasteiger partial charge in [0, 0.05) is 4.47 Å². The molecule has 1 aliphatic rings. The second-order valence-electron chi connectivity index (χ2n) is 5.57. The van der Waals surface area contributed by atoms with Gasteiger partial charge in [0.2, 0.25) is 0 Å². The topological polar surface area (TPSA) is 50.7 Å². The summed E-state index contributed by atoms with van der Waals surface area (Å²) in [4.78, 5) is 17.2. The average molecular weight is 417 g/mol. The third-order valence-electron chi connectivity index (χ3n) is 3.97. The minimum absolute atomic E-state index is 0.312. The Morgan fingerprint density at radius 3 is 2.52 bits per heavy atom. The van der Waals surface area contributed by atoms with Gasteiger partial charge in [0.05, 0.1) is 18.4 Å². The number of rotatable bonds is 4. The van der Waals surface area contributed by atoms with Gasteiger partial charge in [0.15, 0.2) is 5.11 Å². The second-order valence-corrected chi connectivity index (χ2v) is 6.87. The van der Waals surface area contributed by atoms with Crippen molar-refractivity contribution in [3.63, 3.8) is 0 Å². The Hall–Kier alpha value is -2.05. The van der Waals surface area contributed by atoms with Crippen molar-refractivity contribution < 1.29 is 9.53 Å². The highest BCUT2D eigenvalue weighted by atomic mass is 79.9. The van der Waals surface area contributed by atoms with Gasteiger partial charge in [0.25, 0.3) is 0 Å². The zero-order valence-corrected chi connectivity index (χ0v) is 16.0. The number of benzene rings is 2. The molecule has 2 unspecified atom stereocenters. The standard InChI is InChI=1S/C19H17BrN2O2S/c1-2-24-18(23)15-16(12-6-4-3-5-7-12)21-19(25)22-17(15)13-8-10-14(20)11-9-13/h3-11,15,17H,2H2,1H3,(H,22,25). The Bertz CT molecular complexity index is 806. The fourth-order valence-electron chi connectivity index (χ4n) is 2.86. The van der Waals surface area contributed by atoms with E-state index in [0.29, 0.717) is 17.4 Å². The van der Waals surface area contributed by atoms with Crippen molar-refractivity contribution in [2.75, 3.05) is 6.61 Å². The summed E-state index contributed by atoms with van der Waals surface area (Å²) in [7, 11) is 0. The molecule has 1 N–H and O–H groups in total. The molecule has 1 heterocycles. The Morgan fingerprint density at radius 2 is 1.88 bits per heavy atom. The summed E-state index contributed by atoms with van der Waals surface area (Å²) in [5.74, 6) is -0.886. The van der Waals surface area contributed by atoms with Gasteiger partial charge in [-0.15, -0.1) is 0 Å². The van der Waals surface area contributed by atoms with E-state index in [0.717, 1.165) is 15.6 Å². The van der Waals surface area contributed by atoms with Crippen LogP contribution < -0.4 is 5.32 Å². The van der Waals surface area contributed by atoms with Gasteiger partial charge in [-0.3, -0.25) is 4.79 Å². The summed E-state index contributed by atoms with van der Waals surface area (Å²) in [6.45, 7) is 2.11. The third kappa shape index (κ3) is 3.96. The minimum Gasteiger partial charge on any atom is -0.465 e. The molecule has 128 valence electrons. The molecule has 0 aromatic heterocycles. The largest absolute Gasteiger partial charge is 0.465 e. The molecule has 0 aliphatic carbocycles. The van der Waals surface area contributed by atoms with Gasteiger partial charge in [-0.2, -0.15) is 0 Å². The first-order valence-electron chi connectivity index (χ1n) is 7.96. The molecule has 0 spiro atoms. The number of hydrogen-bond donors (Lipinski definition) is 1. The van der Waals surface area contributed by atoms with E-state index in [2.05, 4.69) is 26.2 Å². The van der Waals surface area contributed by atoms with Crippen molar-refractivity contribution >= 4 is 44.9 Å². The van der Waals surface area contributed by atoms with Crippen LogP contribution in [0.1, 0.15) is 24.1 Å². The number of thiocarbonyl (C=S) groups is 1. The zero-order valence-electron chi connectivity index (χ0n) is 13.6. The number of esters is 1. The maximum atomic E-state index is 12.7. The van der Waals surface area contributed by atoms with E-state index in [1.54, 1.807) is 6.92 Å². The Balaban J connectivity index is 2.08. The van der Waals surface area contributed by atoms with E-state index in [9.17, 15) is 4.79 Å². The first-order valence-corrected chi connectivity index (χ1v) is 9.17. The van der Waals surface area contributed by atoms with Crippen LogP contribution in [0.25, 0.3) is 0 Å². The van der Waals surface area contributed by atoms with E-state index in [1.165, 1.54) is 0 Å².